The molecule has 0 atom stereocenters. The molecule has 0 saturated heterocycles. The highest BCUT2D eigenvalue weighted by molar-refractivity contribution is 6.33. The number of anilines is 1. The standard InChI is InChI=1S/C12H10ClN5O/c13-9-8-10(17-11(14)16-9)18(12(19)15-8)6-7-4-2-1-3-5-7/h1-5H,6H2,(H,15,19)(H2,14,16,17). The molecule has 96 valence electrons. The Labute approximate surface area is 112 Å². The van der Waals surface area contributed by atoms with E-state index in [2.05, 4.69) is 15.0 Å². The zero-order valence-electron chi connectivity index (χ0n) is 9.80. The van der Waals surface area contributed by atoms with Gasteiger partial charge in [0.05, 0.1) is 6.54 Å². The number of nitrogens with one attached hydrogen (secondary N) is 1. The molecule has 0 aliphatic carbocycles. The Morgan fingerprint density at radius 1 is 1.26 bits per heavy atom. The first-order valence-electron chi connectivity index (χ1n) is 5.60. The van der Waals surface area contributed by atoms with Crippen LogP contribution in [0, 0.1) is 0 Å². The summed E-state index contributed by atoms with van der Waals surface area (Å²) in [5.74, 6) is 0.0401. The third kappa shape index (κ3) is 2.06. The predicted molar refractivity (Wildman–Crippen MR) is 73.1 cm³/mol. The normalized spacial score (nSPS) is 11.0. The molecule has 2 heterocycles. The number of nitrogens with zero attached hydrogens (tertiary/aromatic N) is 3. The van der Waals surface area contributed by atoms with Crippen molar-refractivity contribution >= 4 is 28.7 Å². The average molecular weight is 276 g/mol. The first kappa shape index (κ1) is 11.7. The van der Waals surface area contributed by atoms with E-state index in [-0.39, 0.29) is 16.8 Å². The fourth-order valence-corrected chi connectivity index (χ4v) is 2.14. The average Bonchev–Trinajstić information content (AvgIpc) is 2.69. The Bertz CT molecular complexity index is 793. The van der Waals surface area contributed by atoms with Gasteiger partial charge in [0.2, 0.25) is 5.95 Å². The van der Waals surface area contributed by atoms with Gasteiger partial charge >= 0.3 is 5.69 Å². The van der Waals surface area contributed by atoms with E-state index in [0.717, 1.165) is 5.56 Å². The molecule has 0 bridgehead atoms. The number of benzene rings is 1. The summed E-state index contributed by atoms with van der Waals surface area (Å²) in [6.45, 7) is 0.395. The molecule has 3 N–H and O–H groups in total. The largest absolute Gasteiger partial charge is 0.368 e. The predicted octanol–water partition coefficient (Wildman–Crippen LogP) is 1.40. The van der Waals surface area contributed by atoms with Crippen molar-refractivity contribution in [3.8, 4) is 0 Å². The first-order valence-corrected chi connectivity index (χ1v) is 5.98. The van der Waals surface area contributed by atoms with E-state index >= 15 is 0 Å². The number of H-pyrrole nitrogens is 1. The fraction of sp³-hybridized carbons (Fsp3) is 0.0833. The van der Waals surface area contributed by atoms with Gasteiger partial charge in [0.15, 0.2) is 10.8 Å². The van der Waals surface area contributed by atoms with Crippen molar-refractivity contribution in [3.05, 3.63) is 51.5 Å². The first-order chi connectivity index (χ1) is 9.15. The zero-order valence-corrected chi connectivity index (χ0v) is 10.6. The molecular formula is C12H10ClN5O. The van der Waals surface area contributed by atoms with Crippen LogP contribution in [0.2, 0.25) is 5.15 Å². The minimum Gasteiger partial charge on any atom is -0.368 e. The molecule has 0 unspecified atom stereocenters. The van der Waals surface area contributed by atoms with Crippen LogP contribution in [0.3, 0.4) is 0 Å². The summed E-state index contributed by atoms with van der Waals surface area (Å²) in [6, 6.07) is 9.59. The second kappa shape index (κ2) is 4.40. The van der Waals surface area contributed by atoms with Gasteiger partial charge in [0.1, 0.15) is 5.52 Å². The van der Waals surface area contributed by atoms with Crippen LogP contribution in [-0.2, 0) is 6.54 Å². The Kier molecular flexibility index (Phi) is 2.72. The van der Waals surface area contributed by atoms with E-state index in [0.29, 0.717) is 17.7 Å². The lowest BCUT2D eigenvalue weighted by atomic mass is 10.2. The van der Waals surface area contributed by atoms with Gasteiger partial charge in [-0.2, -0.15) is 9.97 Å². The third-order valence-corrected chi connectivity index (χ3v) is 3.05. The molecule has 1 aromatic carbocycles. The van der Waals surface area contributed by atoms with Gasteiger partial charge in [-0.25, -0.2) is 4.79 Å². The van der Waals surface area contributed by atoms with Crippen LogP contribution in [0.1, 0.15) is 5.56 Å². The van der Waals surface area contributed by atoms with Crippen molar-refractivity contribution in [2.24, 2.45) is 0 Å². The van der Waals surface area contributed by atoms with Gasteiger partial charge in [0, 0.05) is 0 Å². The summed E-state index contributed by atoms with van der Waals surface area (Å²) in [4.78, 5) is 22.5. The smallest absolute Gasteiger partial charge is 0.328 e. The lowest BCUT2D eigenvalue weighted by Gasteiger charge is -2.03. The van der Waals surface area contributed by atoms with E-state index in [9.17, 15) is 4.79 Å². The molecule has 0 amide bonds. The summed E-state index contributed by atoms with van der Waals surface area (Å²) >= 11 is 5.94. The Morgan fingerprint density at radius 2 is 2.00 bits per heavy atom. The number of hydrogen-bond donors (Lipinski definition) is 2. The highest BCUT2D eigenvalue weighted by Gasteiger charge is 2.13. The number of aromatic amines is 1. The molecular weight excluding hydrogens is 266 g/mol. The van der Waals surface area contributed by atoms with Crippen LogP contribution in [0.5, 0.6) is 0 Å². The summed E-state index contributed by atoms with van der Waals surface area (Å²) < 4.78 is 1.48. The molecule has 0 saturated carbocycles. The molecule has 0 radical (unpaired) electrons. The van der Waals surface area contributed by atoms with Crippen molar-refractivity contribution in [2.45, 2.75) is 6.54 Å². The van der Waals surface area contributed by atoms with Gasteiger partial charge in [0.25, 0.3) is 0 Å². The summed E-state index contributed by atoms with van der Waals surface area (Å²) in [6.07, 6.45) is 0. The molecule has 2 aromatic heterocycles. The van der Waals surface area contributed by atoms with Gasteiger partial charge in [-0.15, -0.1) is 0 Å². The number of imidazole rings is 1. The summed E-state index contributed by atoms with van der Waals surface area (Å²) in [5.41, 5.74) is 7.06. The Morgan fingerprint density at radius 3 is 2.74 bits per heavy atom. The van der Waals surface area contributed by atoms with Gasteiger partial charge in [-0.05, 0) is 5.56 Å². The van der Waals surface area contributed by atoms with E-state index in [1.165, 1.54) is 4.57 Å². The monoisotopic (exact) mass is 275 g/mol. The molecule has 7 heteroatoms. The molecule has 3 aromatic rings. The highest BCUT2D eigenvalue weighted by Crippen LogP contribution is 2.18. The lowest BCUT2D eigenvalue weighted by molar-refractivity contribution is 0.778. The van der Waals surface area contributed by atoms with Gasteiger partial charge in [-0.3, -0.25) is 4.57 Å². The van der Waals surface area contributed by atoms with E-state index < -0.39 is 0 Å². The Hall–Kier alpha value is -2.34. The maximum atomic E-state index is 11.9. The lowest BCUT2D eigenvalue weighted by Crippen LogP contribution is -2.17. The van der Waals surface area contributed by atoms with E-state index in [1.807, 2.05) is 30.3 Å². The van der Waals surface area contributed by atoms with Crippen molar-refractivity contribution < 1.29 is 0 Å². The van der Waals surface area contributed by atoms with Crippen LogP contribution in [0.4, 0.5) is 5.95 Å². The highest BCUT2D eigenvalue weighted by atomic mass is 35.5. The summed E-state index contributed by atoms with van der Waals surface area (Å²) in [7, 11) is 0. The van der Waals surface area contributed by atoms with Crippen LogP contribution in [0.25, 0.3) is 11.2 Å². The van der Waals surface area contributed by atoms with E-state index in [1.54, 1.807) is 0 Å². The topological polar surface area (TPSA) is 89.6 Å². The SMILES string of the molecule is Nc1nc(Cl)c2[nH]c(=O)n(Cc3ccccc3)c2n1. The number of nitrogens with two attached hydrogens (primary N) is 1. The molecule has 0 aliphatic heterocycles. The zero-order chi connectivity index (χ0) is 13.4. The molecule has 0 fully saturated rings. The Balaban J connectivity index is 2.18. The molecule has 19 heavy (non-hydrogen) atoms. The van der Waals surface area contributed by atoms with Gasteiger partial charge in [-0.1, -0.05) is 41.9 Å². The van der Waals surface area contributed by atoms with Crippen molar-refractivity contribution in [2.75, 3.05) is 5.73 Å². The van der Waals surface area contributed by atoms with Crippen molar-refractivity contribution in [3.63, 3.8) is 0 Å². The molecule has 6 nitrogen and oxygen atoms in total. The second-order valence-corrected chi connectivity index (χ2v) is 4.43. The van der Waals surface area contributed by atoms with Crippen molar-refractivity contribution in [1.82, 2.24) is 19.5 Å². The minimum atomic E-state index is -0.291. The third-order valence-electron chi connectivity index (χ3n) is 2.78. The summed E-state index contributed by atoms with van der Waals surface area (Å²) in [5, 5.41) is 0.145. The molecule has 3 rings (SSSR count). The number of nitrogen functional groups attached to an aromatic ring is 1. The quantitative estimate of drug-likeness (QED) is 0.692. The molecule has 0 spiro atoms. The number of fused-ring (bicyclic) bond motifs is 1. The number of rotatable bonds is 2. The maximum Gasteiger partial charge on any atom is 0.328 e. The fourth-order valence-electron chi connectivity index (χ4n) is 1.92. The van der Waals surface area contributed by atoms with E-state index in [4.69, 9.17) is 17.3 Å². The minimum absolute atomic E-state index is 0.0401. The van der Waals surface area contributed by atoms with Crippen LogP contribution < -0.4 is 11.4 Å². The van der Waals surface area contributed by atoms with Crippen LogP contribution >= 0.6 is 11.6 Å². The van der Waals surface area contributed by atoms with Crippen LogP contribution in [-0.4, -0.2) is 19.5 Å². The second-order valence-electron chi connectivity index (χ2n) is 4.07. The maximum absolute atomic E-state index is 11.9. The van der Waals surface area contributed by atoms with Crippen molar-refractivity contribution in [1.29, 1.82) is 0 Å². The number of hydrogen-bond acceptors (Lipinski definition) is 4. The van der Waals surface area contributed by atoms with Crippen LogP contribution in [0.15, 0.2) is 35.1 Å². The number of aromatic nitrogens is 4. The number of halogens is 1. The molecule has 0 aliphatic rings. The van der Waals surface area contributed by atoms with Gasteiger partial charge < -0.3 is 10.7 Å².